The maximum absolute atomic E-state index is 13.5. The molecule has 4 aromatic rings. The third-order valence-electron chi connectivity index (χ3n) is 6.70. The third-order valence-corrected chi connectivity index (χ3v) is 8.08. The summed E-state index contributed by atoms with van der Waals surface area (Å²) in [5.74, 6) is 0. The number of hydrogen-bond donors (Lipinski definition) is 2. The normalized spacial score (nSPS) is 14.6. The Morgan fingerprint density at radius 2 is 1.55 bits per heavy atom. The van der Waals surface area contributed by atoms with Crippen molar-refractivity contribution in [1.29, 1.82) is 0 Å². The molecule has 10 heteroatoms. The maximum Gasteiger partial charge on any atom is 0.417 e. The second-order valence-electron chi connectivity index (χ2n) is 9.42. The lowest BCUT2D eigenvalue weighted by atomic mass is 10.0. The lowest BCUT2D eigenvalue weighted by molar-refractivity contribution is -0.136. The molecule has 1 aliphatic heterocycles. The van der Waals surface area contributed by atoms with Crippen LogP contribution in [0, 0.1) is 0 Å². The minimum absolute atomic E-state index is 0.0881. The van der Waals surface area contributed by atoms with Crippen molar-refractivity contribution in [2.45, 2.75) is 36.8 Å². The van der Waals surface area contributed by atoms with E-state index in [0.717, 1.165) is 37.2 Å². The number of halogens is 3. The molecule has 0 bridgehead atoms. The second-order valence-corrected chi connectivity index (χ2v) is 11.1. The van der Waals surface area contributed by atoms with Crippen LogP contribution in [-0.4, -0.2) is 26.5 Å². The Bertz CT molecular complexity index is 1630. The van der Waals surface area contributed by atoms with Gasteiger partial charge in [-0.2, -0.15) is 13.2 Å². The Labute approximate surface area is 218 Å². The molecule has 3 aromatic carbocycles. The fourth-order valence-corrected chi connectivity index (χ4v) is 5.92. The van der Waals surface area contributed by atoms with Crippen molar-refractivity contribution >= 4 is 32.3 Å². The highest BCUT2D eigenvalue weighted by molar-refractivity contribution is 7.92. The topological polar surface area (TPSA) is 82.3 Å². The van der Waals surface area contributed by atoms with Crippen molar-refractivity contribution in [3.05, 3.63) is 99.8 Å². The number of rotatable bonds is 6. The van der Waals surface area contributed by atoms with Gasteiger partial charge in [0.2, 0.25) is 5.56 Å². The number of piperidine rings is 1. The van der Waals surface area contributed by atoms with Gasteiger partial charge in [0, 0.05) is 30.1 Å². The molecule has 5 rings (SSSR count). The smallest absolute Gasteiger partial charge is 0.370 e. The van der Waals surface area contributed by atoms with Gasteiger partial charge in [0.05, 0.1) is 21.8 Å². The summed E-state index contributed by atoms with van der Waals surface area (Å²) in [5, 5.41) is -0.0923. The molecule has 1 saturated heterocycles. The van der Waals surface area contributed by atoms with E-state index in [1.807, 2.05) is 12.1 Å². The van der Waals surface area contributed by atoms with E-state index in [-0.39, 0.29) is 22.2 Å². The van der Waals surface area contributed by atoms with Gasteiger partial charge >= 0.3 is 6.18 Å². The second kappa shape index (κ2) is 10.2. The zero-order valence-electron chi connectivity index (χ0n) is 20.4. The van der Waals surface area contributed by atoms with Crippen LogP contribution in [-0.2, 0) is 22.6 Å². The van der Waals surface area contributed by atoms with Gasteiger partial charge < -0.3 is 9.88 Å². The number of pyridine rings is 1. The molecule has 1 fully saturated rings. The number of alkyl halides is 3. The largest absolute Gasteiger partial charge is 0.417 e. The van der Waals surface area contributed by atoms with Gasteiger partial charge in [0.1, 0.15) is 0 Å². The lowest BCUT2D eigenvalue weighted by Gasteiger charge is -2.30. The Morgan fingerprint density at radius 1 is 0.868 bits per heavy atom. The van der Waals surface area contributed by atoms with E-state index in [1.165, 1.54) is 30.7 Å². The number of aromatic amines is 1. The van der Waals surface area contributed by atoms with Gasteiger partial charge in [-0.3, -0.25) is 9.52 Å². The molecule has 0 spiro atoms. The molecule has 38 heavy (non-hydrogen) atoms. The van der Waals surface area contributed by atoms with Crippen molar-refractivity contribution in [1.82, 2.24) is 4.98 Å². The fourth-order valence-electron chi connectivity index (χ4n) is 4.84. The van der Waals surface area contributed by atoms with Crippen molar-refractivity contribution in [2.75, 3.05) is 22.7 Å². The van der Waals surface area contributed by atoms with Crippen LogP contribution in [0.3, 0.4) is 0 Å². The number of anilines is 2. The average molecular weight is 542 g/mol. The van der Waals surface area contributed by atoms with E-state index in [9.17, 15) is 26.4 Å². The highest BCUT2D eigenvalue weighted by Crippen LogP contribution is 2.34. The summed E-state index contributed by atoms with van der Waals surface area (Å²) < 4.78 is 69.4. The van der Waals surface area contributed by atoms with Crippen LogP contribution >= 0.6 is 0 Å². The molecule has 2 N–H and O–H groups in total. The van der Waals surface area contributed by atoms with Crippen molar-refractivity contribution in [3.8, 4) is 0 Å². The van der Waals surface area contributed by atoms with Crippen LogP contribution in [0.5, 0.6) is 0 Å². The summed E-state index contributed by atoms with van der Waals surface area (Å²) in [5.41, 5.74) is 0.994. The summed E-state index contributed by atoms with van der Waals surface area (Å²) >= 11 is 0. The number of para-hydroxylation sites is 2. The van der Waals surface area contributed by atoms with Gasteiger partial charge in [0.25, 0.3) is 10.0 Å². The fraction of sp³-hybridized carbons (Fsp3) is 0.250. The number of aromatic nitrogens is 1. The number of nitrogens with zero attached hydrogens (tertiary/aromatic N) is 1. The Kier molecular flexibility index (Phi) is 6.92. The van der Waals surface area contributed by atoms with E-state index in [0.29, 0.717) is 17.3 Å². The first-order valence-electron chi connectivity index (χ1n) is 12.3. The van der Waals surface area contributed by atoms with Crippen LogP contribution in [0.15, 0.2) is 82.5 Å². The van der Waals surface area contributed by atoms with E-state index in [4.69, 9.17) is 0 Å². The highest BCUT2D eigenvalue weighted by atomic mass is 32.2. The Morgan fingerprint density at radius 3 is 2.26 bits per heavy atom. The molecule has 2 heterocycles. The maximum atomic E-state index is 13.5. The van der Waals surface area contributed by atoms with E-state index >= 15 is 0 Å². The SMILES string of the molecule is O=c1cc(C(F)(F)F)c2cc(Cc3ccc(S(=O)(=O)Nc4ccccc4N4CCCCC4)cc3)ccc2[nH]1. The first-order valence-corrected chi connectivity index (χ1v) is 13.8. The van der Waals surface area contributed by atoms with E-state index < -0.39 is 27.3 Å². The van der Waals surface area contributed by atoms with Gasteiger partial charge in [0.15, 0.2) is 0 Å². The van der Waals surface area contributed by atoms with Gasteiger partial charge in [-0.25, -0.2) is 8.42 Å². The number of benzene rings is 3. The van der Waals surface area contributed by atoms with Crippen LogP contribution in [0.4, 0.5) is 24.5 Å². The molecule has 1 aromatic heterocycles. The molecular weight excluding hydrogens is 515 g/mol. The van der Waals surface area contributed by atoms with Crippen molar-refractivity contribution in [2.24, 2.45) is 0 Å². The Balaban J connectivity index is 1.36. The molecule has 6 nitrogen and oxygen atoms in total. The molecule has 0 radical (unpaired) electrons. The van der Waals surface area contributed by atoms with Gasteiger partial charge in [-0.15, -0.1) is 0 Å². The summed E-state index contributed by atoms with van der Waals surface area (Å²) in [6, 6.07) is 18.7. The molecule has 0 amide bonds. The zero-order chi connectivity index (χ0) is 26.9. The molecule has 1 aliphatic rings. The summed E-state index contributed by atoms with van der Waals surface area (Å²) in [7, 11) is -3.85. The summed E-state index contributed by atoms with van der Waals surface area (Å²) in [6.45, 7) is 1.76. The minimum Gasteiger partial charge on any atom is -0.370 e. The van der Waals surface area contributed by atoms with Crippen LogP contribution in [0.1, 0.15) is 36.0 Å². The average Bonchev–Trinajstić information content (AvgIpc) is 2.89. The monoisotopic (exact) mass is 541 g/mol. The lowest BCUT2D eigenvalue weighted by Crippen LogP contribution is -2.30. The molecule has 0 saturated carbocycles. The zero-order valence-corrected chi connectivity index (χ0v) is 21.2. The molecular formula is C28H26F3N3O3S. The molecule has 0 atom stereocenters. The third kappa shape index (κ3) is 5.55. The van der Waals surface area contributed by atoms with E-state index in [1.54, 1.807) is 30.3 Å². The molecule has 0 aliphatic carbocycles. The molecule has 0 unspecified atom stereocenters. The quantitative estimate of drug-likeness (QED) is 0.317. The molecule has 198 valence electrons. The Hall–Kier alpha value is -3.79. The standard InChI is InChI=1S/C28H26F3N3O3S/c29-28(30,31)23-18-27(35)32-24-13-10-20(17-22(23)24)16-19-8-11-21(12-9-19)38(36,37)33-25-6-2-3-7-26(25)34-14-4-1-5-15-34/h2-3,6-13,17-18,33H,1,4-5,14-16H2,(H,32,35). The predicted molar refractivity (Wildman–Crippen MR) is 142 cm³/mol. The minimum atomic E-state index is -4.67. The number of H-pyrrole nitrogens is 1. The van der Waals surface area contributed by atoms with Gasteiger partial charge in [-0.05, 0) is 73.2 Å². The number of hydrogen-bond acceptors (Lipinski definition) is 4. The highest BCUT2D eigenvalue weighted by Gasteiger charge is 2.33. The summed E-state index contributed by atoms with van der Waals surface area (Å²) in [6.07, 6.45) is -1.08. The first kappa shape index (κ1) is 25.8. The number of fused-ring (bicyclic) bond motifs is 1. The number of sulfonamides is 1. The van der Waals surface area contributed by atoms with Crippen LogP contribution in [0.2, 0.25) is 0 Å². The van der Waals surface area contributed by atoms with Crippen LogP contribution in [0.25, 0.3) is 10.9 Å². The summed E-state index contributed by atoms with van der Waals surface area (Å²) in [4.78, 5) is 16.3. The van der Waals surface area contributed by atoms with Crippen LogP contribution < -0.4 is 15.2 Å². The number of nitrogens with one attached hydrogen (secondary N) is 2. The van der Waals surface area contributed by atoms with E-state index in [2.05, 4.69) is 14.6 Å². The van der Waals surface area contributed by atoms with Crippen molar-refractivity contribution < 1.29 is 21.6 Å². The van der Waals surface area contributed by atoms with Crippen molar-refractivity contribution in [3.63, 3.8) is 0 Å². The predicted octanol–water partition coefficient (Wildman–Crippen LogP) is 5.93. The first-order chi connectivity index (χ1) is 18.1. The van der Waals surface area contributed by atoms with Gasteiger partial charge in [-0.1, -0.05) is 30.3 Å².